The normalized spacial score (nSPS) is 22.1. The summed E-state index contributed by atoms with van der Waals surface area (Å²) in [7, 11) is 0. The Balaban J connectivity index is 1.48. The van der Waals surface area contributed by atoms with Crippen LogP contribution < -0.4 is 10.9 Å². The molecule has 0 amide bonds. The van der Waals surface area contributed by atoms with Crippen LogP contribution in [0.4, 0.5) is 5.82 Å². The third kappa shape index (κ3) is 3.00. The zero-order valence-electron chi connectivity index (χ0n) is 14.9. The van der Waals surface area contributed by atoms with Gasteiger partial charge in [0, 0.05) is 23.9 Å². The second kappa shape index (κ2) is 6.65. The molecule has 3 aromatic heterocycles. The SMILES string of the molecule is Cc1cc2ncnc(NC3COCC3n3nc4c(cc3=O)CSCC4)c2[nH]1. The van der Waals surface area contributed by atoms with E-state index in [1.54, 1.807) is 17.1 Å². The topological polar surface area (TPSA) is 97.7 Å². The van der Waals surface area contributed by atoms with Gasteiger partial charge in [-0.1, -0.05) is 0 Å². The van der Waals surface area contributed by atoms with E-state index in [2.05, 4.69) is 25.4 Å². The zero-order valence-corrected chi connectivity index (χ0v) is 15.8. The van der Waals surface area contributed by atoms with Gasteiger partial charge in [0.25, 0.3) is 5.56 Å². The van der Waals surface area contributed by atoms with Gasteiger partial charge in [-0.2, -0.15) is 16.9 Å². The van der Waals surface area contributed by atoms with Crippen molar-refractivity contribution in [2.75, 3.05) is 24.3 Å². The summed E-state index contributed by atoms with van der Waals surface area (Å²) in [6.45, 7) is 2.94. The number of aromatic nitrogens is 5. The molecular formula is C18H20N6O2S. The number of ether oxygens (including phenoxy) is 1. The summed E-state index contributed by atoms with van der Waals surface area (Å²) >= 11 is 1.85. The van der Waals surface area contributed by atoms with Gasteiger partial charge in [-0.25, -0.2) is 14.6 Å². The van der Waals surface area contributed by atoms with Crippen LogP contribution in [-0.2, 0) is 16.9 Å². The molecule has 1 fully saturated rings. The van der Waals surface area contributed by atoms with E-state index in [0.29, 0.717) is 13.2 Å². The van der Waals surface area contributed by atoms with Gasteiger partial charge in [0.1, 0.15) is 17.9 Å². The molecule has 5 heterocycles. The lowest BCUT2D eigenvalue weighted by atomic mass is 10.1. The van der Waals surface area contributed by atoms with E-state index in [1.807, 2.05) is 24.8 Å². The molecule has 1 saturated heterocycles. The molecular weight excluding hydrogens is 364 g/mol. The van der Waals surface area contributed by atoms with E-state index >= 15 is 0 Å². The summed E-state index contributed by atoms with van der Waals surface area (Å²) in [6, 6.07) is 3.46. The second-order valence-corrected chi connectivity index (χ2v) is 8.10. The fraction of sp³-hybridized carbons (Fsp3) is 0.444. The van der Waals surface area contributed by atoms with Gasteiger partial charge < -0.3 is 15.0 Å². The fourth-order valence-corrected chi connectivity index (χ4v) is 4.70. The highest BCUT2D eigenvalue weighted by molar-refractivity contribution is 7.98. The van der Waals surface area contributed by atoms with Crippen molar-refractivity contribution in [3.8, 4) is 0 Å². The maximum atomic E-state index is 12.7. The Morgan fingerprint density at radius 3 is 3.19 bits per heavy atom. The smallest absolute Gasteiger partial charge is 0.267 e. The highest BCUT2D eigenvalue weighted by Gasteiger charge is 2.33. The van der Waals surface area contributed by atoms with Gasteiger partial charge in [-0.3, -0.25) is 4.79 Å². The number of hydrogen-bond acceptors (Lipinski definition) is 7. The van der Waals surface area contributed by atoms with Crippen molar-refractivity contribution in [3.05, 3.63) is 45.8 Å². The minimum Gasteiger partial charge on any atom is -0.377 e. The van der Waals surface area contributed by atoms with Crippen molar-refractivity contribution in [2.24, 2.45) is 0 Å². The predicted octanol–water partition coefficient (Wildman–Crippen LogP) is 1.66. The first-order valence-corrected chi connectivity index (χ1v) is 10.2. The summed E-state index contributed by atoms with van der Waals surface area (Å²) in [6.07, 6.45) is 2.45. The number of H-pyrrole nitrogens is 1. The lowest BCUT2D eigenvalue weighted by molar-refractivity contribution is 0.182. The highest BCUT2D eigenvalue weighted by Crippen LogP contribution is 2.26. The molecule has 140 valence electrons. The maximum Gasteiger partial charge on any atom is 0.267 e. The summed E-state index contributed by atoms with van der Waals surface area (Å²) in [4.78, 5) is 24.6. The Hall–Kier alpha value is -2.39. The van der Waals surface area contributed by atoms with Crippen LogP contribution in [0.2, 0.25) is 0 Å². The molecule has 2 atom stereocenters. The molecule has 2 aliphatic heterocycles. The molecule has 2 N–H and O–H groups in total. The molecule has 0 saturated carbocycles. The first-order chi connectivity index (χ1) is 13.2. The molecule has 2 unspecified atom stereocenters. The van der Waals surface area contributed by atoms with Crippen molar-refractivity contribution >= 4 is 28.6 Å². The van der Waals surface area contributed by atoms with Crippen molar-refractivity contribution in [1.82, 2.24) is 24.7 Å². The fourth-order valence-electron chi connectivity index (χ4n) is 3.74. The number of nitrogens with zero attached hydrogens (tertiary/aromatic N) is 4. The van der Waals surface area contributed by atoms with E-state index in [0.717, 1.165) is 51.7 Å². The number of anilines is 1. The molecule has 5 rings (SSSR count). The summed E-state index contributed by atoms with van der Waals surface area (Å²) in [5.74, 6) is 2.63. The van der Waals surface area contributed by atoms with Crippen LogP contribution in [-0.4, -0.2) is 49.7 Å². The molecule has 0 spiro atoms. The minimum absolute atomic E-state index is 0.0675. The Labute approximate surface area is 159 Å². The van der Waals surface area contributed by atoms with Crippen LogP contribution >= 0.6 is 11.8 Å². The van der Waals surface area contributed by atoms with Gasteiger partial charge in [0.2, 0.25) is 0 Å². The van der Waals surface area contributed by atoms with Gasteiger partial charge in [-0.15, -0.1) is 0 Å². The lowest BCUT2D eigenvalue weighted by Crippen LogP contribution is -2.38. The highest BCUT2D eigenvalue weighted by atomic mass is 32.2. The van der Waals surface area contributed by atoms with E-state index in [4.69, 9.17) is 4.74 Å². The molecule has 0 aromatic carbocycles. The number of rotatable bonds is 3. The molecule has 0 aliphatic carbocycles. The Morgan fingerprint density at radius 2 is 2.26 bits per heavy atom. The van der Waals surface area contributed by atoms with E-state index in [1.165, 1.54) is 0 Å². The van der Waals surface area contributed by atoms with E-state index < -0.39 is 0 Å². The number of aromatic amines is 1. The van der Waals surface area contributed by atoms with E-state index in [9.17, 15) is 4.79 Å². The summed E-state index contributed by atoms with van der Waals surface area (Å²) < 4.78 is 7.29. The van der Waals surface area contributed by atoms with Crippen molar-refractivity contribution in [1.29, 1.82) is 0 Å². The summed E-state index contributed by atoms with van der Waals surface area (Å²) in [5, 5.41) is 8.13. The number of hydrogen-bond donors (Lipinski definition) is 2. The van der Waals surface area contributed by atoms with Crippen molar-refractivity contribution < 1.29 is 4.74 Å². The molecule has 8 nitrogen and oxygen atoms in total. The monoisotopic (exact) mass is 384 g/mol. The Kier molecular flexibility index (Phi) is 4.13. The van der Waals surface area contributed by atoms with Crippen LogP contribution in [0.25, 0.3) is 11.0 Å². The first-order valence-electron chi connectivity index (χ1n) is 9.03. The zero-order chi connectivity index (χ0) is 18.4. The molecule has 27 heavy (non-hydrogen) atoms. The lowest BCUT2D eigenvalue weighted by Gasteiger charge is -2.23. The number of fused-ring (bicyclic) bond motifs is 2. The molecule has 9 heteroatoms. The molecule has 2 aliphatic rings. The predicted molar refractivity (Wildman–Crippen MR) is 104 cm³/mol. The minimum atomic E-state index is -0.168. The number of thioether (sulfide) groups is 1. The largest absolute Gasteiger partial charge is 0.377 e. The Morgan fingerprint density at radius 1 is 1.33 bits per heavy atom. The maximum absolute atomic E-state index is 12.7. The second-order valence-electron chi connectivity index (χ2n) is 6.99. The standard InChI is InChI=1S/C18H20N6O2S/c1-10-4-13-17(21-10)18(20-9-19-13)22-14-6-26-7-15(14)24-16(25)5-11-8-27-3-2-12(11)23-24/h4-5,9,14-15,21H,2-3,6-8H2,1H3,(H,19,20,22). The van der Waals surface area contributed by atoms with Crippen LogP contribution in [0.1, 0.15) is 23.0 Å². The Bertz CT molecular complexity index is 1060. The third-order valence-electron chi connectivity index (χ3n) is 5.10. The number of aryl methyl sites for hydroxylation is 2. The average Bonchev–Trinajstić information content (AvgIpc) is 3.27. The van der Waals surface area contributed by atoms with Crippen LogP contribution in [0.5, 0.6) is 0 Å². The quantitative estimate of drug-likeness (QED) is 0.709. The first kappa shape index (κ1) is 16.8. The van der Waals surface area contributed by atoms with Crippen LogP contribution in [0.15, 0.2) is 23.3 Å². The van der Waals surface area contributed by atoms with Crippen LogP contribution in [0, 0.1) is 6.92 Å². The summed E-state index contributed by atoms with van der Waals surface area (Å²) in [5.41, 5.74) is 4.78. The molecule has 0 radical (unpaired) electrons. The van der Waals surface area contributed by atoms with Crippen molar-refractivity contribution in [3.63, 3.8) is 0 Å². The van der Waals surface area contributed by atoms with Gasteiger partial charge in [0.15, 0.2) is 5.82 Å². The molecule has 3 aromatic rings. The van der Waals surface area contributed by atoms with Crippen molar-refractivity contribution in [2.45, 2.75) is 31.2 Å². The molecule has 0 bridgehead atoms. The van der Waals surface area contributed by atoms with Gasteiger partial charge in [0.05, 0.1) is 30.5 Å². The van der Waals surface area contributed by atoms with Gasteiger partial charge >= 0.3 is 0 Å². The van der Waals surface area contributed by atoms with Gasteiger partial charge in [-0.05, 0) is 24.3 Å². The van der Waals surface area contributed by atoms with Crippen LogP contribution in [0.3, 0.4) is 0 Å². The average molecular weight is 384 g/mol. The van der Waals surface area contributed by atoms with E-state index in [-0.39, 0.29) is 17.6 Å². The third-order valence-corrected chi connectivity index (χ3v) is 6.11. The number of nitrogens with one attached hydrogen (secondary N) is 2.